The van der Waals surface area contributed by atoms with Gasteiger partial charge in [-0.2, -0.15) is 0 Å². The summed E-state index contributed by atoms with van der Waals surface area (Å²) in [6, 6.07) is 96.0. The molecule has 0 amide bonds. The number of hydrogen-bond acceptors (Lipinski definition) is 1. The standard InChI is InChI=1S/C83H54N2/c1-7-55-28-30-63(48-57(55)9-3)65-36-44-73(68-31-29-56(8-2)58(10-4)49-68)77(51-65)67-23-19-22-62(50-67)66-37-45-74-75-46-43-72(54-80(75)83(5,6)79(74)53-66)84(70-39-32-60(33-40-70)59-20-13-11-14-21-59)71-41-34-61(35-42-71)64-38-47-82-78(52-64)76-26-17-18-27-81(76)85(82)69-24-15-12-16-25-69/h1-4,11-54H,5-6H3. The quantitative estimate of drug-likeness (QED) is 0.124. The molecule has 14 rings (SSSR count). The smallest absolute Gasteiger partial charge is 0.0541 e. The van der Waals surface area contributed by atoms with Gasteiger partial charge in [-0.15, -0.1) is 25.7 Å². The number of fused-ring (bicyclic) bond motifs is 6. The topological polar surface area (TPSA) is 8.17 Å². The van der Waals surface area contributed by atoms with Crippen LogP contribution in [0.15, 0.2) is 267 Å². The third kappa shape index (κ3) is 9.05. The number of nitrogens with zero attached hydrogens (tertiary/aromatic N) is 2. The molecule has 0 fully saturated rings. The van der Waals surface area contributed by atoms with Gasteiger partial charge < -0.3 is 9.47 Å². The molecule has 1 aromatic heterocycles. The molecule has 0 aliphatic heterocycles. The Hall–Kier alpha value is -11.5. The highest BCUT2D eigenvalue weighted by molar-refractivity contribution is 6.10. The summed E-state index contributed by atoms with van der Waals surface area (Å²) >= 11 is 0. The Bertz CT molecular complexity index is 4990. The lowest BCUT2D eigenvalue weighted by Crippen LogP contribution is -2.16. The van der Waals surface area contributed by atoms with E-state index < -0.39 is 0 Å². The van der Waals surface area contributed by atoms with Crippen LogP contribution in [-0.4, -0.2) is 4.57 Å². The first-order chi connectivity index (χ1) is 41.7. The molecule has 0 saturated carbocycles. The van der Waals surface area contributed by atoms with E-state index in [2.05, 4.69) is 278 Å². The largest absolute Gasteiger partial charge is 0.310 e. The molecule has 0 saturated heterocycles. The summed E-state index contributed by atoms with van der Waals surface area (Å²) in [4.78, 5) is 2.39. The van der Waals surface area contributed by atoms with Crippen molar-refractivity contribution >= 4 is 38.9 Å². The van der Waals surface area contributed by atoms with Crippen LogP contribution >= 0.6 is 0 Å². The van der Waals surface area contributed by atoms with Crippen molar-refractivity contribution in [2.24, 2.45) is 0 Å². The van der Waals surface area contributed by atoms with Gasteiger partial charge in [0.1, 0.15) is 0 Å². The first-order valence-electron chi connectivity index (χ1n) is 28.5. The van der Waals surface area contributed by atoms with Crippen molar-refractivity contribution in [2.45, 2.75) is 19.3 Å². The van der Waals surface area contributed by atoms with Crippen molar-refractivity contribution in [3.63, 3.8) is 0 Å². The number of anilines is 3. The normalized spacial score (nSPS) is 11.9. The van der Waals surface area contributed by atoms with Gasteiger partial charge in [0.05, 0.1) is 11.0 Å². The van der Waals surface area contributed by atoms with E-state index in [1.165, 1.54) is 60.8 Å². The molecular weight excluding hydrogens is 1020 g/mol. The maximum absolute atomic E-state index is 6.01. The number of para-hydroxylation sites is 2. The van der Waals surface area contributed by atoms with Crippen molar-refractivity contribution in [3.05, 3.63) is 300 Å². The maximum Gasteiger partial charge on any atom is 0.0541 e. The first kappa shape index (κ1) is 51.6. The Morgan fingerprint density at radius 1 is 0.294 bits per heavy atom. The molecule has 1 aliphatic carbocycles. The third-order valence-corrected chi connectivity index (χ3v) is 17.1. The first-order valence-corrected chi connectivity index (χ1v) is 28.5. The van der Waals surface area contributed by atoms with Gasteiger partial charge in [-0.25, -0.2) is 0 Å². The third-order valence-electron chi connectivity index (χ3n) is 17.1. The van der Waals surface area contributed by atoms with Crippen LogP contribution in [0.25, 0.3) is 105 Å². The predicted molar refractivity (Wildman–Crippen MR) is 357 cm³/mol. The van der Waals surface area contributed by atoms with Gasteiger partial charge >= 0.3 is 0 Å². The second-order valence-corrected chi connectivity index (χ2v) is 22.3. The molecule has 13 aromatic rings. The number of aromatic nitrogens is 1. The molecule has 0 atom stereocenters. The van der Waals surface area contributed by atoms with Crippen LogP contribution in [0, 0.1) is 49.4 Å². The highest BCUT2D eigenvalue weighted by atomic mass is 15.1. The Balaban J connectivity index is 0.825. The van der Waals surface area contributed by atoms with Gasteiger partial charge in [0.2, 0.25) is 0 Å². The molecule has 2 heteroatoms. The minimum absolute atomic E-state index is 0.323. The molecule has 0 spiro atoms. The van der Waals surface area contributed by atoms with E-state index in [0.29, 0.717) is 22.3 Å². The SMILES string of the molecule is C#Cc1ccc(-c2ccc(-c3ccc(C#C)c(C#C)c3)c(-c3cccc(-c4ccc5c(c4)C(C)(C)c4cc(N(c6ccc(-c7ccccc7)cc6)c6ccc(-c7ccc8c(c7)c7ccccc7n8-c7ccccc7)cc6)ccc4-5)c3)c2)cc1C#C. The lowest BCUT2D eigenvalue weighted by molar-refractivity contribution is 0.660. The summed E-state index contributed by atoms with van der Waals surface area (Å²) < 4.78 is 2.37. The molecule has 0 bridgehead atoms. The van der Waals surface area contributed by atoms with E-state index in [1.54, 1.807) is 0 Å². The lowest BCUT2D eigenvalue weighted by Gasteiger charge is -2.28. The molecule has 0 unspecified atom stereocenters. The van der Waals surface area contributed by atoms with Crippen LogP contribution in [0.2, 0.25) is 0 Å². The zero-order valence-corrected chi connectivity index (χ0v) is 47.1. The van der Waals surface area contributed by atoms with Gasteiger partial charge in [-0.1, -0.05) is 195 Å². The summed E-state index contributed by atoms with van der Waals surface area (Å²) in [5.41, 5.74) is 27.2. The average Bonchev–Trinajstić information content (AvgIpc) is 2.10. The minimum Gasteiger partial charge on any atom is -0.310 e. The predicted octanol–water partition coefficient (Wildman–Crippen LogP) is 20.5. The van der Waals surface area contributed by atoms with Crippen LogP contribution in [0.5, 0.6) is 0 Å². The fraction of sp³-hybridized carbons (Fsp3) is 0.0361. The van der Waals surface area contributed by atoms with Crippen molar-refractivity contribution in [1.29, 1.82) is 0 Å². The summed E-state index contributed by atoms with van der Waals surface area (Å²) in [7, 11) is 0. The van der Waals surface area contributed by atoms with Crippen molar-refractivity contribution in [2.75, 3.05) is 4.90 Å². The summed E-state index contributed by atoms with van der Waals surface area (Å²) in [6.45, 7) is 4.72. The summed E-state index contributed by atoms with van der Waals surface area (Å²) in [5, 5.41) is 2.46. The number of rotatable bonds is 10. The fourth-order valence-corrected chi connectivity index (χ4v) is 12.7. The van der Waals surface area contributed by atoms with Crippen LogP contribution < -0.4 is 4.90 Å². The Morgan fingerprint density at radius 3 is 1.41 bits per heavy atom. The molecule has 1 aliphatic rings. The van der Waals surface area contributed by atoms with E-state index in [1.807, 2.05) is 36.4 Å². The molecule has 1 heterocycles. The van der Waals surface area contributed by atoms with E-state index in [-0.39, 0.29) is 5.41 Å². The minimum atomic E-state index is -0.323. The van der Waals surface area contributed by atoms with E-state index in [4.69, 9.17) is 25.7 Å². The maximum atomic E-state index is 6.01. The van der Waals surface area contributed by atoms with Gasteiger partial charge in [-0.05, 0) is 198 Å². The second kappa shape index (κ2) is 21.1. The van der Waals surface area contributed by atoms with Crippen molar-refractivity contribution in [3.8, 4) is 133 Å². The van der Waals surface area contributed by atoms with Crippen LogP contribution in [0.4, 0.5) is 17.1 Å². The molecule has 12 aromatic carbocycles. The van der Waals surface area contributed by atoms with Gasteiger partial charge in [-0.3, -0.25) is 0 Å². The Labute approximate surface area is 498 Å². The molecule has 2 nitrogen and oxygen atoms in total. The molecule has 0 radical (unpaired) electrons. The van der Waals surface area contributed by atoms with Gasteiger partial charge in [0, 0.05) is 61.2 Å². The molecule has 396 valence electrons. The van der Waals surface area contributed by atoms with Crippen LogP contribution in [0.1, 0.15) is 47.2 Å². The average molecular weight is 1080 g/mol. The fourth-order valence-electron chi connectivity index (χ4n) is 12.7. The molecule has 0 N–H and O–H groups in total. The number of terminal acetylenes is 4. The van der Waals surface area contributed by atoms with Crippen LogP contribution in [-0.2, 0) is 5.41 Å². The highest BCUT2D eigenvalue weighted by Gasteiger charge is 2.36. The summed E-state index contributed by atoms with van der Waals surface area (Å²) in [5.74, 6) is 11.1. The molecular formula is C83H54N2. The van der Waals surface area contributed by atoms with E-state index in [0.717, 1.165) is 72.8 Å². The number of benzene rings is 12. The van der Waals surface area contributed by atoms with Crippen LogP contribution in [0.3, 0.4) is 0 Å². The zero-order valence-electron chi connectivity index (χ0n) is 47.1. The monoisotopic (exact) mass is 1080 g/mol. The van der Waals surface area contributed by atoms with E-state index >= 15 is 0 Å². The van der Waals surface area contributed by atoms with Crippen molar-refractivity contribution < 1.29 is 0 Å². The molecule has 85 heavy (non-hydrogen) atoms. The Morgan fingerprint density at radius 2 is 0.729 bits per heavy atom. The Kier molecular flexibility index (Phi) is 12.8. The second-order valence-electron chi connectivity index (χ2n) is 22.3. The van der Waals surface area contributed by atoms with E-state index in [9.17, 15) is 0 Å². The summed E-state index contributed by atoms with van der Waals surface area (Å²) in [6.07, 6.45) is 23.7. The lowest BCUT2D eigenvalue weighted by atomic mass is 9.81. The van der Waals surface area contributed by atoms with Crippen molar-refractivity contribution in [1.82, 2.24) is 4.57 Å². The zero-order chi connectivity index (χ0) is 57.8. The number of hydrogen-bond donors (Lipinski definition) is 0. The van der Waals surface area contributed by atoms with Gasteiger partial charge in [0.15, 0.2) is 0 Å². The van der Waals surface area contributed by atoms with Gasteiger partial charge in [0.25, 0.3) is 0 Å². The highest BCUT2D eigenvalue weighted by Crippen LogP contribution is 2.52.